The zero-order valence-corrected chi connectivity index (χ0v) is 25.8. The Morgan fingerprint density at radius 1 is 0.417 bits per heavy atom. The van der Waals surface area contributed by atoms with Crippen molar-refractivity contribution in [3.05, 3.63) is 164 Å². The van der Waals surface area contributed by atoms with E-state index in [-0.39, 0.29) is 0 Å². The third kappa shape index (κ3) is 3.38. The van der Waals surface area contributed by atoms with Crippen molar-refractivity contribution in [1.29, 1.82) is 0 Å². The number of benzene rings is 7. The van der Waals surface area contributed by atoms with Crippen LogP contribution in [0.1, 0.15) is 0 Å². The van der Waals surface area contributed by atoms with Crippen LogP contribution >= 0.6 is 0 Å². The van der Waals surface area contributed by atoms with Crippen LogP contribution in [0.3, 0.4) is 0 Å². The minimum absolute atomic E-state index is 0.875. The molecule has 0 aliphatic carbocycles. The summed E-state index contributed by atoms with van der Waals surface area (Å²) in [7, 11) is 0. The highest BCUT2D eigenvalue weighted by Gasteiger charge is 2.25. The summed E-state index contributed by atoms with van der Waals surface area (Å²) in [5.41, 5.74) is 13.4. The molecule has 4 aromatic heterocycles. The number of furan rings is 1. The quantitative estimate of drug-likeness (QED) is 0.197. The fourth-order valence-electron chi connectivity index (χ4n) is 7.98. The molecule has 11 rings (SSSR count). The molecule has 11 aromatic rings. The average molecular weight is 614 g/mol. The fourth-order valence-corrected chi connectivity index (χ4v) is 7.98. The molecule has 0 amide bonds. The first kappa shape index (κ1) is 25.6. The van der Waals surface area contributed by atoms with Crippen molar-refractivity contribution in [2.45, 2.75) is 0 Å². The number of nitrogens with zero attached hydrogens (tertiary/aromatic N) is 3. The highest BCUT2D eigenvalue weighted by Crippen LogP contribution is 2.46. The Hall–Kier alpha value is -6.52. The number of aromatic nitrogens is 2. The fraction of sp³-hybridized carbons (Fsp3) is 0. The molecule has 0 unspecified atom stereocenters. The van der Waals surface area contributed by atoms with E-state index in [9.17, 15) is 0 Å². The first-order chi connectivity index (χ1) is 23.8. The lowest BCUT2D eigenvalue weighted by Gasteiger charge is -2.26. The van der Waals surface area contributed by atoms with Gasteiger partial charge in [-0.25, -0.2) is 0 Å². The van der Waals surface area contributed by atoms with E-state index in [0.717, 1.165) is 39.0 Å². The maximum Gasteiger partial charge on any atom is 0.159 e. The summed E-state index contributed by atoms with van der Waals surface area (Å²) in [4.78, 5) is 2.35. The minimum Gasteiger partial charge on any atom is -0.454 e. The zero-order valence-electron chi connectivity index (χ0n) is 25.8. The Balaban J connectivity index is 1.21. The number of hydrogen-bond acceptors (Lipinski definition) is 2. The summed E-state index contributed by atoms with van der Waals surface area (Å²) in [6.07, 6.45) is 0. The Morgan fingerprint density at radius 2 is 1.02 bits per heavy atom. The summed E-state index contributed by atoms with van der Waals surface area (Å²) < 4.78 is 11.5. The molecule has 0 spiro atoms. The van der Waals surface area contributed by atoms with Gasteiger partial charge in [-0.3, -0.25) is 8.80 Å². The molecule has 0 aliphatic rings. The predicted molar refractivity (Wildman–Crippen MR) is 199 cm³/mol. The standard InChI is InChI=1S/C44H27N3O/c1-2-11-28(12-3-1)29-21-23-30(24-22-29)45(40-19-10-15-33-32-13-5-9-20-41(32)48-43(33)40)31-25-26-37-35(27-31)42-34-14-4-6-16-36(34)46-38-17-7-8-18-39(38)47(37)44(42)46/h1-27H. The van der Waals surface area contributed by atoms with Gasteiger partial charge in [-0.15, -0.1) is 0 Å². The highest BCUT2D eigenvalue weighted by atomic mass is 16.3. The zero-order chi connectivity index (χ0) is 31.3. The summed E-state index contributed by atoms with van der Waals surface area (Å²) in [6.45, 7) is 0. The van der Waals surface area contributed by atoms with Gasteiger partial charge in [0.2, 0.25) is 0 Å². The SMILES string of the molecule is c1ccc(-c2ccc(N(c3ccc4c(c3)c3c5ccccc5n5c6ccccc6n4c35)c3cccc4c3oc3ccccc34)cc2)cc1. The Kier molecular flexibility index (Phi) is 5.08. The minimum atomic E-state index is 0.875. The van der Waals surface area contributed by atoms with Gasteiger partial charge in [-0.05, 0) is 71.8 Å². The van der Waals surface area contributed by atoms with E-state index in [1.54, 1.807) is 0 Å². The molecule has 0 saturated heterocycles. The molecule has 0 atom stereocenters. The Morgan fingerprint density at radius 3 is 1.81 bits per heavy atom. The van der Waals surface area contributed by atoms with Crippen molar-refractivity contribution in [3.8, 4) is 11.1 Å². The van der Waals surface area contributed by atoms with E-state index in [0.29, 0.717) is 0 Å². The van der Waals surface area contributed by atoms with Gasteiger partial charge in [0.05, 0.1) is 27.8 Å². The second kappa shape index (κ2) is 9.50. The molecule has 7 aromatic carbocycles. The Labute approximate surface area is 275 Å². The van der Waals surface area contributed by atoms with Crippen molar-refractivity contribution in [1.82, 2.24) is 8.80 Å². The van der Waals surface area contributed by atoms with E-state index in [4.69, 9.17) is 4.42 Å². The molecule has 0 aliphatic heterocycles. The lowest BCUT2D eigenvalue weighted by molar-refractivity contribution is 0.669. The third-order valence-corrected chi connectivity index (χ3v) is 10.0. The summed E-state index contributed by atoms with van der Waals surface area (Å²) in [5.74, 6) is 0. The second-order valence-electron chi connectivity index (χ2n) is 12.6. The molecule has 4 nitrogen and oxygen atoms in total. The van der Waals surface area contributed by atoms with Crippen molar-refractivity contribution in [2.75, 3.05) is 4.90 Å². The normalized spacial score (nSPS) is 12.2. The topological polar surface area (TPSA) is 25.2 Å². The van der Waals surface area contributed by atoms with Gasteiger partial charge in [0, 0.05) is 38.3 Å². The van der Waals surface area contributed by atoms with E-state index in [1.165, 1.54) is 55.0 Å². The van der Waals surface area contributed by atoms with Gasteiger partial charge in [0.1, 0.15) is 11.2 Å². The number of hydrogen-bond donors (Lipinski definition) is 0. The number of para-hydroxylation sites is 5. The van der Waals surface area contributed by atoms with Crippen LogP contribution in [0, 0.1) is 0 Å². The number of anilines is 3. The first-order valence-electron chi connectivity index (χ1n) is 16.4. The van der Waals surface area contributed by atoms with E-state index < -0.39 is 0 Å². The molecule has 0 saturated carbocycles. The van der Waals surface area contributed by atoms with Crippen LogP contribution < -0.4 is 4.90 Å². The smallest absolute Gasteiger partial charge is 0.159 e. The summed E-state index contributed by atoms with van der Waals surface area (Å²) in [6, 6.07) is 58.6. The lowest BCUT2D eigenvalue weighted by Crippen LogP contribution is -2.10. The predicted octanol–water partition coefficient (Wildman–Crippen LogP) is 12.1. The molecule has 0 fully saturated rings. The molecule has 224 valence electrons. The van der Waals surface area contributed by atoms with Crippen molar-refractivity contribution in [3.63, 3.8) is 0 Å². The summed E-state index contributed by atoms with van der Waals surface area (Å²) >= 11 is 0. The molecule has 0 N–H and O–H groups in total. The van der Waals surface area contributed by atoms with E-state index in [1.807, 2.05) is 6.07 Å². The average Bonchev–Trinajstić information content (AvgIpc) is 3.88. The van der Waals surface area contributed by atoms with Gasteiger partial charge in [0.15, 0.2) is 5.58 Å². The molecular weight excluding hydrogens is 587 g/mol. The Bertz CT molecular complexity index is 2990. The largest absolute Gasteiger partial charge is 0.454 e. The molecular formula is C44H27N3O. The van der Waals surface area contributed by atoms with E-state index >= 15 is 0 Å². The third-order valence-electron chi connectivity index (χ3n) is 10.0. The number of fused-ring (bicyclic) bond motifs is 12. The molecule has 4 heteroatoms. The number of imidazole rings is 1. The van der Waals surface area contributed by atoms with Crippen LogP contribution in [0.25, 0.3) is 76.9 Å². The number of rotatable bonds is 4. The van der Waals surface area contributed by atoms with Crippen molar-refractivity contribution >= 4 is 82.9 Å². The molecule has 0 bridgehead atoms. The molecule has 48 heavy (non-hydrogen) atoms. The van der Waals surface area contributed by atoms with Gasteiger partial charge in [-0.1, -0.05) is 103 Å². The first-order valence-corrected chi connectivity index (χ1v) is 16.4. The maximum atomic E-state index is 6.62. The second-order valence-corrected chi connectivity index (χ2v) is 12.6. The van der Waals surface area contributed by atoms with Crippen LogP contribution in [-0.2, 0) is 0 Å². The van der Waals surface area contributed by atoms with Crippen LogP contribution in [0.5, 0.6) is 0 Å². The maximum absolute atomic E-state index is 6.62. The van der Waals surface area contributed by atoms with Crippen molar-refractivity contribution in [2.24, 2.45) is 0 Å². The highest BCUT2D eigenvalue weighted by molar-refractivity contribution is 6.24. The van der Waals surface area contributed by atoms with Crippen LogP contribution in [-0.4, -0.2) is 8.80 Å². The van der Waals surface area contributed by atoms with Crippen LogP contribution in [0.2, 0.25) is 0 Å². The molecule has 0 radical (unpaired) electrons. The van der Waals surface area contributed by atoms with Crippen LogP contribution in [0.15, 0.2) is 168 Å². The van der Waals surface area contributed by atoms with Crippen molar-refractivity contribution < 1.29 is 4.42 Å². The molecule has 4 heterocycles. The van der Waals surface area contributed by atoms with E-state index in [2.05, 4.69) is 171 Å². The van der Waals surface area contributed by atoms with Gasteiger partial charge < -0.3 is 9.32 Å². The van der Waals surface area contributed by atoms with Gasteiger partial charge in [-0.2, -0.15) is 0 Å². The van der Waals surface area contributed by atoms with Gasteiger partial charge in [0.25, 0.3) is 0 Å². The van der Waals surface area contributed by atoms with Crippen LogP contribution in [0.4, 0.5) is 17.1 Å². The lowest BCUT2D eigenvalue weighted by atomic mass is 10.0. The monoisotopic (exact) mass is 613 g/mol. The summed E-state index contributed by atoms with van der Waals surface area (Å²) in [5, 5.41) is 6.00. The van der Waals surface area contributed by atoms with Gasteiger partial charge >= 0.3 is 0 Å².